The Kier molecular flexibility index (Phi) is 6.18. The van der Waals surface area contributed by atoms with Crippen molar-refractivity contribution in [3.05, 3.63) is 77.9 Å². The first-order valence-corrected chi connectivity index (χ1v) is 11.1. The summed E-state index contributed by atoms with van der Waals surface area (Å²) >= 11 is 1.54. The number of benzene rings is 3. The number of nitrogens with one attached hydrogen (secondary N) is 1. The zero-order valence-electron chi connectivity index (χ0n) is 17.3. The largest absolute Gasteiger partial charge is 0.507 e. The topological polar surface area (TPSA) is 71.7 Å². The molecule has 0 saturated carbocycles. The van der Waals surface area contributed by atoms with E-state index < -0.39 is 0 Å². The highest BCUT2D eigenvalue weighted by Crippen LogP contribution is 2.43. The maximum absolute atomic E-state index is 12.4. The highest BCUT2D eigenvalue weighted by atomic mass is 32.2. The van der Waals surface area contributed by atoms with E-state index in [1.807, 2.05) is 54.8 Å². The first kappa shape index (κ1) is 20.9. The summed E-state index contributed by atoms with van der Waals surface area (Å²) in [4.78, 5) is 13.3. The van der Waals surface area contributed by atoms with Crippen LogP contribution in [0.2, 0.25) is 0 Å². The number of amides is 1. The number of hydrogen-bond acceptors (Lipinski definition) is 5. The van der Waals surface area contributed by atoms with E-state index in [0.717, 1.165) is 21.4 Å². The monoisotopic (exact) mass is 433 g/mol. The summed E-state index contributed by atoms with van der Waals surface area (Å²) in [7, 11) is 1.56. The van der Waals surface area contributed by atoms with Gasteiger partial charge in [-0.15, -0.1) is 11.8 Å². The van der Waals surface area contributed by atoms with Gasteiger partial charge in [-0.3, -0.25) is 4.79 Å². The van der Waals surface area contributed by atoms with Crippen LogP contribution in [0.25, 0.3) is 22.3 Å². The zero-order chi connectivity index (χ0) is 21.8. The fourth-order valence-corrected chi connectivity index (χ4v) is 4.20. The number of methoxy groups -OCH3 is 1. The van der Waals surface area contributed by atoms with Gasteiger partial charge < -0.3 is 19.6 Å². The average Bonchev–Trinajstić information content (AvgIpc) is 3.15. The molecule has 2 N–H and O–H groups in total. The molecule has 0 atom stereocenters. The van der Waals surface area contributed by atoms with E-state index in [9.17, 15) is 9.90 Å². The van der Waals surface area contributed by atoms with Crippen LogP contribution in [-0.4, -0.2) is 24.4 Å². The summed E-state index contributed by atoms with van der Waals surface area (Å²) in [6, 6.07) is 20.7. The lowest BCUT2D eigenvalue weighted by molar-refractivity contribution is -0.120. The molecule has 4 aromatic rings. The van der Waals surface area contributed by atoms with Crippen LogP contribution in [0.15, 0.2) is 76.0 Å². The molecule has 0 fully saturated rings. The van der Waals surface area contributed by atoms with Crippen LogP contribution in [0, 0.1) is 0 Å². The van der Waals surface area contributed by atoms with Gasteiger partial charge in [-0.1, -0.05) is 36.4 Å². The lowest BCUT2D eigenvalue weighted by Gasteiger charge is -2.06. The van der Waals surface area contributed by atoms with Crippen molar-refractivity contribution in [1.29, 1.82) is 0 Å². The van der Waals surface area contributed by atoms with Crippen molar-refractivity contribution in [1.82, 2.24) is 5.32 Å². The number of fused-ring (bicyclic) bond motifs is 1. The van der Waals surface area contributed by atoms with Gasteiger partial charge in [-0.05, 0) is 41.6 Å². The predicted octanol–water partition coefficient (Wildman–Crippen LogP) is 5.39. The minimum absolute atomic E-state index is 0.0366. The number of phenolic OH excluding ortho intramolecular Hbond substituents is 1. The van der Waals surface area contributed by atoms with Crippen LogP contribution in [0.3, 0.4) is 0 Å². The summed E-state index contributed by atoms with van der Waals surface area (Å²) < 4.78 is 11.2. The van der Waals surface area contributed by atoms with Crippen LogP contribution in [0.4, 0.5) is 0 Å². The van der Waals surface area contributed by atoms with E-state index >= 15 is 0 Å². The summed E-state index contributed by atoms with van der Waals surface area (Å²) in [5.74, 6) is 1.24. The molecule has 0 spiro atoms. The van der Waals surface area contributed by atoms with E-state index in [0.29, 0.717) is 29.2 Å². The van der Waals surface area contributed by atoms with Crippen molar-refractivity contribution in [2.24, 2.45) is 0 Å². The number of carbonyl (C=O) groups is 1. The van der Waals surface area contributed by atoms with E-state index in [-0.39, 0.29) is 18.1 Å². The Hall–Kier alpha value is -3.38. The van der Waals surface area contributed by atoms with Crippen molar-refractivity contribution < 1.29 is 19.1 Å². The molecule has 5 nitrogen and oxygen atoms in total. The van der Waals surface area contributed by atoms with E-state index in [1.54, 1.807) is 37.1 Å². The molecule has 0 bridgehead atoms. The Labute approximate surface area is 185 Å². The van der Waals surface area contributed by atoms with Gasteiger partial charge in [-0.25, -0.2) is 0 Å². The number of hydrogen-bond donors (Lipinski definition) is 2. The number of furan rings is 1. The minimum Gasteiger partial charge on any atom is -0.507 e. The second-order valence-electron chi connectivity index (χ2n) is 7.12. The van der Waals surface area contributed by atoms with Gasteiger partial charge in [-0.2, -0.15) is 0 Å². The average molecular weight is 434 g/mol. The Bertz CT molecular complexity index is 1220. The fourth-order valence-electron chi connectivity index (χ4n) is 3.49. The van der Waals surface area contributed by atoms with Crippen LogP contribution in [0.5, 0.6) is 11.5 Å². The maximum Gasteiger partial charge on any atom is 0.224 e. The number of rotatable bonds is 7. The smallest absolute Gasteiger partial charge is 0.224 e. The van der Waals surface area contributed by atoms with E-state index in [4.69, 9.17) is 9.15 Å². The number of thioether (sulfide) groups is 1. The first-order chi connectivity index (χ1) is 15.1. The van der Waals surface area contributed by atoms with Gasteiger partial charge in [0.1, 0.15) is 17.1 Å². The second kappa shape index (κ2) is 9.18. The fraction of sp³-hybridized carbons (Fsp3) is 0.160. The molecule has 6 heteroatoms. The van der Waals surface area contributed by atoms with Crippen LogP contribution in [0.1, 0.15) is 11.1 Å². The Morgan fingerprint density at radius 1 is 1.06 bits per heavy atom. The lowest BCUT2D eigenvalue weighted by atomic mass is 10.1. The molecular formula is C25H23NO4S. The zero-order valence-corrected chi connectivity index (χ0v) is 18.2. The van der Waals surface area contributed by atoms with Crippen molar-refractivity contribution in [3.63, 3.8) is 0 Å². The summed E-state index contributed by atoms with van der Waals surface area (Å²) in [6.07, 6.45) is 2.25. The second-order valence-corrected chi connectivity index (χ2v) is 7.93. The Balaban J connectivity index is 1.58. The molecular weight excluding hydrogens is 410 g/mol. The van der Waals surface area contributed by atoms with Crippen molar-refractivity contribution >= 4 is 28.6 Å². The molecule has 0 aliphatic rings. The predicted molar refractivity (Wildman–Crippen MR) is 124 cm³/mol. The summed E-state index contributed by atoms with van der Waals surface area (Å²) in [6.45, 7) is 0.505. The third kappa shape index (κ3) is 4.54. The molecule has 31 heavy (non-hydrogen) atoms. The molecule has 1 aromatic heterocycles. The van der Waals surface area contributed by atoms with Crippen molar-refractivity contribution in [2.45, 2.75) is 17.9 Å². The van der Waals surface area contributed by atoms with Crippen molar-refractivity contribution in [2.75, 3.05) is 13.4 Å². The third-order valence-electron chi connectivity index (χ3n) is 5.06. The van der Waals surface area contributed by atoms with Gasteiger partial charge in [0.05, 0.1) is 24.0 Å². The van der Waals surface area contributed by atoms with Gasteiger partial charge in [0.2, 0.25) is 5.91 Å². The molecule has 1 amide bonds. The van der Waals surface area contributed by atoms with Crippen LogP contribution in [-0.2, 0) is 17.8 Å². The molecule has 4 rings (SSSR count). The molecule has 0 aliphatic carbocycles. The Morgan fingerprint density at radius 2 is 1.87 bits per heavy atom. The van der Waals surface area contributed by atoms with E-state index in [1.165, 1.54) is 0 Å². The molecule has 0 unspecified atom stereocenters. The highest BCUT2D eigenvalue weighted by Gasteiger charge is 2.19. The number of carbonyl (C=O) groups excluding carboxylic acids is 1. The summed E-state index contributed by atoms with van der Waals surface area (Å²) in [5.41, 5.74) is 3.28. The van der Waals surface area contributed by atoms with Gasteiger partial charge in [0, 0.05) is 18.0 Å². The van der Waals surface area contributed by atoms with Gasteiger partial charge in [0.15, 0.2) is 5.76 Å². The summed E-state index contributed by atoms with van der Waals surface area (Å²) in [5, 5.41) is 14.3. The van der Waals surface area contributed by atoms with Crippen LogP contribution < -0.4 is 10.1 Å². The van der Waals surface area contributed by atoms with Crippen molar-refractivity contribution in [3.8, 4) is 22.8 Å². The van der Waals surface area contributed by atoms with Gasteiger partial charge in [0.25, 0.3) is 0 Å². The molecule has 3 aromatic carbocycles. The van der Waals surface area contributed by atoms with Gasteiger partial charge >= 0.3 is 0 Å². The SMILES string of the molecule is COc1ccc(-c2oc3ccc(CC(=O)NCc4ccccc4)cc3c2SC)c(O)c1. The third-order valence-corrected chi connectivity index (χ3v) is 5.87. The number of phenols is 1. The number of ether oxygens (including phenoxy) is 1. The highest BCUT2D eigenvalue weighted by molar-refractivity contribution is 7.99. The Morgan fingerprint density at radius 3 is 2.58 bits per heavy atom. The number of aromatic hydroxyl groups is 1. The maximum atomic E-state index is 12.4. The van der Waals surface area contributed by atoms with Crippen LogP contribution >= 0.6 is 11.8 Å². The van der Waals surface area contributed by atoms with E-state index in [2.05, 4.69) is 5.32 Å². The normalized spacial score (nSPS) is 10.9. The molecule has 158 valence electrons. The lowest BCUT2D eigenvalue weighted by Crippen LogP contribution is -2.24. The minimum atomic E-state index is -0.0366. The molecule has 0 saturated heterocycles. The standard InChI is InChI=1S/C25H23NO4S/c1-29-18-9-10-19(21(27)14-18)24-25(31-2)20-12-17(8-11-22(20)30-24)13-23(28)26-15-16-6-4-3-5-7-16/h3-12,14,27H,13,15H2,1-2H3,(H,26,28). The molecule has 1 heterocycles. The molecule has 0 radical (unpaired) electrons. The molecule has 0 aliphatic heterocycles. The quantitative estimate of drug-likeness (QED) is 0.382. The first-order valence-electron chi connectivity index (χ1n) is 9.86.